The third kappa shape index (κ3) is 2.20. The van der Waals surface area contributed by atoms with Crippen molar-refractivity contribution in [2.24, 2.45) is 0 Å². The minimum atomic E-state index is 0.988. The molecule has 6 rings (SSSR count). The Labute approximate surface area is 157 Å². The number of aryl methyl sites for hydroxylation is 1. The van der Waals surface area contributed by atoms with Crippen LogP contribution in [0.4, 0.5) is 0 Å². The highest BCUT2D eigenvalue weighted by Gasteiger charge is 2.22. The molecular weight excluding hydrogens is 328 g/mol. The lowest BCUT2D eigenvalue weighted by atomic mass is 9.96. The first kappa shape index (κ1) is 14.9. The van der Waals surface area contributed by atoms with Crippen molar-refractivity contribution in [2.45, 2.75) is 19.3 Å². The second-order valence-corrected chi connectivity index (χ2v) is 7.34. The lowest BCUT2D eigenvalue weighted by Gasteiger charge is -2.13. The van der Waals surface area contributed by atoms with E-state index in [-0.39, 0.29) is 0 Å². The van der Waals surface area contributed by atoms with E-state index in [4.69, 9.17) is 9.97 Å². The van der Waals surface area contributed by atoms with Crippen LogP contribution < -0.4 is 0 Å². The molecule has 27 heavy (non-hydrogen) atoms. The number of rotatable bonds is 1. The molecule has 2 aromatic heterocycles. The predicted octanol–water partition coefficient (Wildman–Crippen LogP) is 6.09. The van der Waals surface area contributed by atoms with Crippen molar-refractivity contribution >= 4 is 32.6 Å². The molecule has 1 aliphatic rings. The Bertz CT molecular complexity index is 1350. The van der Waals surface area contributed by atoms with Crippen molar-refractivity contribution in [2.75, 3.05) is 0 Å². The van der Waals surface area contributed by atoms with Gasteiger partial charge in [0.1, 0.15) is 0 Å². The number of pyridine rings is 2. The van der Waals surface area contributed by atoms with Gasteiger partial charge < -0.3 is 0 Å². The SMILES string of the molecule is c1ccc2nc(-c3nc4ccc5ccccc5c4c4c3CCC4)ccc2c1. The zero-order chi connectivity index (χ0) is 17.8. The van der Waals surface area contributed by atoms with Crippen LogP contribution in [0.15, 0.2) is 72.8 Å². The van der Waals surface area contributed by atoms with Gasteiger partial charge in [0.25, 0.3) is 0 Å². The summed E-state index contributed by atoms with van der Waals surface area (Å²) < 4.78 is 0. The zero-order valence-electron chi connectivity index (χ0n) is 14.9. The third-order valence-electron chi connectivity index (χ3n) is 5.79. The molecule has 0 radical (unpaired) electrons. The van der Waals surface area contributed by atoms with E-state index >= 15 is 0 Å². The van der Waals surface area contributed by atoms with Gasteiger partial charge in [0.15, 0.2) is 0 Å². The first-order valence-corrected chi connectivity index (χ1v) is 9.58. The minimum absolute atomic E-state index is 0.988. The highest BCUT2D eigenvalue weighted by atomic mass is 14.8. The lowest BCUT2D eigenvalue weighted by Crippen LogP contribution is -1.98. The summed E-state index contributed by atoms with van der Waals surface area (Å²) in [5.74, 6) is 0. The average Bonchev–Trinajstić information content (AvgIpc) is 3.22. The van der Waals surface area contributed by atoms with Crippen molar-refractivity contribution in [3.05, 3.63) is 83.9 Å². The summed E-state index contributed by atoms with van der Waals surface area (Å²) in [4.78, 5) is 10.0. The lowest BCUT2D eigenvalue weighted by molar-refractivity contribution is 0.913. The number of benzene rings is 3. The Morgan fingerprint density at radius 3 is 2.33 bits per heavy atom. The summed E-state index contributed by atoms with van der Waals surface area (Å²) in [6.45, 7) is 0. The summed E-state index contributed by atoms with van der Waals surface area (Å²) >= 11 is 0. The van der Waals surface area contributed by atoms with E-state index in [1.165, 1.54) is 39.1 Å². The summed E-state index contributed by atoms with van der Waals surface area (Å²) in [5.41, 5.74) is 7.03. The number of nitrogens with zero attached hydrogens (tertiary/aromatic N) is 2. The van der Waals surface area contributed by atoms with E-state index in [9.17, 15) is 0 Å². The van der Waals surface area contributed by atoms with Crippen molar-refractivity contribution < 1.29 is 0 Å². The number of para-hydroxylation sites is 1. The van der Waals surface area contributed by atoms with Crippen molar-refractivity contribution in [1.29, 1.82) is 0 Å². The van der Waals surface area contributed by atoms with Gasteiger partial charge in [-0.25, -0.2) is 9.97 Å². The maximum atomic E-state index is 5.11. The van der Waals surface area contributed by atoms with Crippen LogP contribution >= 0.6 is 0 Å². The van der Waals surface area contributed by atoms with Crippen molar-refractivity contribution in [1.82, 2.24) is 9.97 Å². The first-order chi connectivity index (χ1) is 13.4. The van der Waals surface area contributed by atoms with Gasteiger partial charge in [0, 0.05) is 10.8 Å². The van der Waals surface area contributed by atoms with E-state index in [2.05, 4.69) is 66.7 Å². The Morgan fingerprint density at radius 1 is 0.593 bits per heavy atom. The second-order valence-electron chi connectivity index (χ2n) is 7.34. The fourth-order valence-electron chi connectivity index (χ4n) is 4.55. The van der Waals surface area contributed by atoms with Crippen LogP contribution in [0.3, 0.4) is 0 Å². The number of hydrogen-bond donors (Lipinski definition) is 0. The maximum absolute atomic E-state index is 5.11. The minimum Gasteiger partial charge on any atom is -0.246 e. The number of hydrogen-bond acceptors (Lipinski definition) is 2. The van der Waals surface area contributed by atoms with Crippen LogP contribution in [-0.4, -0.2) is 9.97 Å². The molecule has 0 spiro atoms. The average molecular weight is 346 g/mol. The Kier molecular flexibility index (Phi) is 3.09. The molecule has 0 bridgehead atoms. The number of aromatic nitrogens is 2. The van der Waals surface area contributed by atoms with Crippen LogP contribution in [0.1, 0.15) is 17.5 Å². The standard InChI is InChI=1S/C25H18N2/c1-3-8-18-16(6-1)12-14-22-24(18)19-9-5-10-20(19)25(27-22)23-15-13-17-7-2-4-11-21(17)26-23/h1-4,6-8,11-15H,5,9-10H2. The fraction of sp³-hybridized carbons (Fsp3) is 0.120. The summed E-state index contributed by atoms with van der Waals surface area (Å²) in [5, 5.41) is 5.12. The van der Waals surface area contributed by atoms with Gasteiger partial charge in [-0.05, 0) is 59.4 Å². The van der Waals surface area contributed by atoms with Gasteiger partial charge >= 0.3 is 0 Å². The van der Waals surface area contributed by atoms with Crippen molar-refractivity contribution in [3.8, 4) is 11.4 Å². The Balaban J connectivity index is 1.69. The molecule has 0 amide bonds. The van der Waals surface area contributed by atoms with Gasteiger partial charge in [-0.1, -0.05) is 54.6 Å². The monoisotopic (exact) mass is 346 g/mol. The first-order valence-electron chi connectivity index (χ1n) is 9.58. The van der Waals surface area contributed by atoms with Crippen LogP contribution in [0.25, 0.3) is 44.0 Å². The maximum Gasteiger partial charge on any atom is 0.0928 e. The molecule has 0 saturated heterocycles. The highest BCUT2D eigenvalue weighted by molar-refractivity contribution is 6.09. The van der Waals surface area contributed by atoms with Crippen molar-refractivity contribution in [3.63, 3.8) is 0 Å². The Morgan fingerprint density at radius 2 is 1.37 bits per heavy atom. The molecule has 0 aliphatic heterocycles. The molecule has 2 heteroatoms. The van der Waals surface area contributed by atoms with Gasteiger partial charge in [0.2, 0.25) is 0 Å². The summed E-state index contributed by atoms with van der Waals surface area (Å²) in [6, 6.07) is 25.6. The molecule has 0 atom stereocenters. The van der Waals surface area contributed by atoms with E-state index in [1.807, 2.05) is 6.07 Å². The van der Waals surface area contributed by atoms with Gasteiger partial charge in [-0.15, -0.1) is 0 Å². The van der Waals surface area contributed by atoms with Crippen LogP contribution in [0.5, 0.6) is 0 Å². The predicted molar refractivity (Wildman–Crippen MR) is 112 cm³/mol. The summed E-state index contributed by atoms with van der Waals surface area (Å²) in [7, 11) is 0. The molecular formula is C25H18N2. The topological polar surface area (TPSA) is 25.8 Å². The molecule has 5 aromatic rings. The van der Waals surface area contributed by atoms with Crippen LogP contribution in [0.2, 0.25) is 0 Å². The van der Waals surface area contributed by atoms with Gasteiger partial charge in [-0.3, -0.25) is 0 Å². The van der Waals surface area contributed by atoms with Gasteiger partial charge in [-0.2, -0.15) is 0 Å². The largest absolute Gasteiger partial charge is 0.246 e. The molecule has 128 valence electrons. The summed E-state index contributed by atoms with van der Waals surface area (Å²) in [6.07, 6.45) is 3.41. The number of fused-ring (bicyclic) bond motifs is 6. The third-order valence-corrected chi connectivity index (χ3v) is 5.79. The molecule has 2 heterocycles. The zero-order valence-corrected chi connectivity index (χ0v) is 14.9. The van der Waals surface area contributed by atoms with Gasteiger partial charge in [0.05, 0.1) is 22.4 Å². The fourth-order valence-corrected chi connectivity index (χ4v) is 4.55. The van der Waals surface area contributed by atoms with E-state index < -0.39 is 0 Å². The van der Waals surface area contributed by atoms with E-state index in [0.29, 0.717) is 0 Å². The van der Waals surface area contributed by atoms with Crippen LogP contribution in [-0.2, 0) is 12.8 Å². The Hall–Kier alpha value is -3.26. The smallest absolute Gasteiger partial charge is 0.0928 e. The molecule has 3 aromatic carbocycles. The molecule has 0 N–H and O–H groups in total. The van der Waals surface area contributed by atoms with E-state index in [0.717, 1.165) is 35.3 Å². The quantitative estimate of drug-likeness (QED) is 0.343. The molecule has 2 nitrogen and oxygen atoms in total. The highest BCUT2D eigenvalue weighted by Crippen LogP contribution is 2.38. The normalized spacial score (nSPS) is 13.5. The molecule has 0 saturated carbocycles. The molecule has 0 fully saturated rings. The molecule has 0 unspecified atom stereocenters. The second kappa shape index (κ2) is 5.62. The van der Waals surface area contributed by atoms with Crippen LogP contribution in [0, 0.1) is 0 Å². The van der Waals surface area contributed by atoms with E-state index in [1.54, 1.807) is 0 Å². The molecule has 1 aliphatic carbocycles.